The van der Waals surface area contributed by atoms with Crippen LogP contribution in [0.4, 0.5) is 8.78 Å². The average Bonchev–Trinajstić information content (AvgIpc) is 2.86. The van der Waals surface area contributed by atoms with E-state index in [9.17, 15) is 13.6 Å². The molecular weight excluding hydrogens is 346 g/mol. The van der Waals surface area contributed by atoms with Crippen LogP contribution in [0.25, 0.3) is 0 Å². The third-order valence-corrected chi connectivity index (χ3v) is 4.52. The Balaban J connectivity index is 1.54. The van der Waals surface area contributed by atoms with Gasteiger partial charge in [-0.25, -0.2) is 8.78 Å². The SMILES string of the molecule is O=C(C1CC(F)(F)C1)N1CCC(Oc2ccncc2Br)C1. The molecule has 2 aliphatic rings. The van der Waals surface area contributed by atoms with E-state index in [0.717, 1.165) is 4.47 Å². The summed E-state index contributed by atoms with van der Waals surface area (Å²) >= 11 is 3.35. The summed E-state index contributed by atoms with van der Waals surface area (Å²) in [5.41, 5.74) is 0. The van der Waals surface area contributed by atoms with Crippen LogP contribution in [0.3, 0.4) is 0 Å². The summed E-state index contributed by atoms with van der Waals surface area (Å²) in [5, 5.41) is 0. The van der Waals surface area contributed by atoms with Gasteiger partial charge in [0.2, 0.25) is 11.8 Å². The number of carbonyl (C=O) groups excluding carboxylic acids is 1. The quantitative estimate of drug-likeness (QED) is 0.832. The highest BCUT2D eigenvalue weighted by Crippen LogP contribution is 2.43. The Kier molecular flexibility index (Phi) is 3.86. The van der Waals surface area contributed by atoms with Crippen LogP contribution in [-0.4, -0.2) is 40.9 Å². The Bertz CT molecular complexity index is 548. The first kappa shape index (κ1) is 14.7. The molecule has 114 valence electrons. The van der Waals surface area contributed by atoms with Crippen molar-refractivity contribution in [2.24, 2.45) is 5.92 Å². The predicted molar refractivity (Wildman–Crippen MR) is 75.2 cm³/mol. The first-order valence-electron chi connectivity index (χ1n) is 6.87. The van der Waals surface area contributed by atoms with Gasteiger partial charge in [0.05, 0.1) is 11.0 Å². The van der Waals surface area contributed by atoms with Gasteiger partial charge in [0.1, 0.15) is 11.9 Å². The Hall–Kier alpha value is -1.24. The second-order valence-corrected chi connectivity index (χ2v) is 6.43. The Morgan fingerprint density at radius 3 is 2.90 bits per heavy atom. The minimum absolute atomic E-state index is 0.103. The fourth-order valence-corrected chi connectivity index (χ4v) is 3.10. The summed E-state index contributed by atoms with van der Waals surface area (Å²) in [4.78, 5) is 17.7. The second-order valence-electron chi connectivity index (χ2n) is 5.58. The molecule has 1 unspecified atom stereocenters. The lowest BCUT2D eigenvalue weighted by atomic mass is 9.80. The van der Waals surface area contributed by atoms with E-state index >= 15 is 0 Å². The van der Waals surface area contributed by atoms with Crippen LogP contribution in [0.5, 0.6) is 5.75 Å². The lowest BCUT2D eigenvalue weighted by Crippen LogP contribution is -2.46. The van der Waals surface area contributed by atoms with Crippen molar-refractivity contribution in [3.05, 3.63) is 22.9 Å². The Morgan fingerprint density at radius 1 is 1.48 bits per heavy atom. The molecule has 7 heteroatoms. The molecule has 1 aliphatic heterocycles. The van der Waals surface area contributed by atoms with E-state index in [4.69, 9.17) is 4.74 Å². The number of rotatable bonds is 3. The third kappa shape index (κ3) is 3.17. The number of hydrogen-bond acceptors (Lipinski definition) is 3. The van der Waals surface area contributed by atoms with Gasteiger partial charge in [-0.1, -0.05) is 0 Å². The largest absolute Gasteiger partial charge is 0.487 e. The summed E-state index contributed by atoms with van der Waals surface area (Å²) in [5.74, 6) is -2.66. The molecule has 2 fully saturated rings. The first-order chi connectivity index (χ1) is 9.94. The minimum Gasteiger partial charge on any atom is -0.487 e. The van der Waals surface area contributed by atoms with Crippen molar-refractivity contribution in [1.29, 1.82) is 0 Å². The van der Waals surface area contributed by atoms with Crippen LogP contribution in [0.2, 0.25) is 0 Å². The van der Waals surface area contributed by atoms with Crippen LogP contribution in [0.15, 0.2) is 22.9 Å². The monoisotopic (exact) mass is 360 g/mol. The zero-order chi connectivity index (χ0) is 15.0. The number of aromatic nitrogens is 1. The maximum Gasteiger partial charge on any atom is 0.249 e. The average molecular weight is 361 g/mol. The highest BCUT2D eigenvalue weighted by atomic mass is 79.9. The van der Waals surface area contributed by atoms with Gasteiger partial charge >= 0.3 is 0 Å². The fraction of sp³-hybridized carbons (Fsp3) is 0.571. The van der Waals surface area contributed by atoms with Crippen molar-refractivity contribution >= 4 is 21.8 Å². The van der Waals surface area contributed by atoms with Crippen molar-refractivity contribution in [2.45, 2.75) is 31.3 Å². The number of ether oxygens (including phenoxy) is 1. The third-order valence-electron chi connectivity index (χ3n) is 3.92. The maximum atomic E-state index is 12.8. The minimum atomic E-state index is -2.65. The summed E-state index contributed by atoms with van der Waals surface area (Å²) in [7, 11) is 0. The van der Waals surface area contributed by atoms with Crippen LogP contribution in [-0.2, 0) is 4.79 Å². The van der Waals surface area contributed by atoms with Crippen molar-refractivity contribution in [3.63, 3.8) is 0 Å². The normalized spacial score (nSPS) is 24.7. The number of amides is 1. The number of likely N-dealkylation sites (tertiary alicyclic amines) is 1. The molecule has 4 nitrogen and oxygen atoms in total. The van der Waals surface area contributed by atoms with Gasteiger partial charge in [-0.3, -0.25) is 9.78 Å². The molecule has 0 aromatic carbocycles. The highest BCUT2D eigenvalue weighted by molar-refractivity contribution is 9.10. The first-order valence-corrected chi connectivity index (χ1v) is 7.67. The molecule has 0 spiro atoms. The molecule has 1 atom stereocenters. The van der Waals surface area contributed by atoms with Crippen LogP contribution >= 0.6 is 15.9 Å². The van der Waals surface area contributed by atoms with Gasteiger partial charge in [-0.15, -0.1) is 0 Å². The second kappa shape index (κ2) is 5.51. The number of hydrogen-bond donors (Lipinski definition) is 0. The lowest BCUT2D eigenvalue weighted by molar-refractivity contribution is -0.159. The number of pyridine rings is 1. The molecule has 1 aromatic rings. The summed E-state index contributed by atoms with van der Waals surface area (Å²) < 4.78 is 32.3. The Morgan fingerprint density at radius 2 is 2.24 bits per heavy atom. The van der Waals surface area contributed by atoms with Gasteiger partial charge in [0.15, 0.2) is 0 Å². The molecule has 1 aliphatic carbocycles. The molecule has 0 bridgehead atoms. The van der Waals surface area contributed by atoms with Crippen molar-refractivity contribution in [1.82, 2.24) is 9.88 Å². The summed E-state index contributed by atoms with van der Waals surface area (Å²) in [6.45, 7) is 1.02. The zero-order valence-corrected chi connectivity index (χ0v) is 12.9. The smallest absolute Gasteiger partial charge is 0.249 e. The molecule has 0 N–H and O–H groups in total. The molecule has 21 heavy (non-hydrogen) atoms. The van der Waals surface area contributed by atoms with Gasteiger partial charge in [-0.05, 0) is 22.0 Å². The van der Waals surface area contributed by atoms with Gasteiger partial charge in [0, 0.05) is 44.1 Å². The van der Waals surface area contributed by atoms with Gasteiger partial charge in [0.25, 0.3) is 0 Å². The molecule has 1 saturated heterocycles. The van der Waals surface area contributed by atoms with E-state index < -0.39 is 11.8 Å². The van der Waals surface area contributed by atoms with Crippen LogP contribution in [0, 0.1) is 5.92 Å². The van der Waals surface area contributed by atoms with E-state index in [1.165, 1.54) is 0 Å². The lowest BCUT2D eigenvalue weighted by Gasteiger charge is -2.36. The van der Waals surface area contributed by atoms with E-state index in [1.54, 1.807) is 23.4 Å². The number of halogens is 3. The van der Waals surface area contributed by atoms with Gasteiger partial charge in [-0.2, -0.15) is 0 Å². The zero-order valence-electron chi connectivity index (χ0n) is 11.3. The molecule has 2 heterocycles. The van der Waals surface area contributed by atoms with Crippen LogP contribution in [0.1, 0.15) is 19.3 Å². The molecule has 3 rings (SSSR count). The molecule has 1 saturated carbocycles. The van der Waals surface area contributed by atoms with Crippen molar-refractivity contribution in [2.75, 3.05) is 13.1 Å². The fourth-order valence-electron chi connectivity index (χ4n) is 2.76. The summed E-state index contributed by atoms with van der Waals surface area (Å²) in [6.07, 6.45) is 3.25. The van der Waals surface area contributed by atoms with Gasteiger partial charge < -0.3 is 9.64 Å². The molecule has 1 aromatic heterocycles. The van der Waals surface area contributed by atoms with E-state index in [0.29, 0.717) is 25.3 Å². The highest BCUT2D eigenvalue weighted by Gasteiger charge is 2.50. The molecular formula is C14H15BrF2N2O2. The molecule has 1 amide bonds. The van der Waals surface area contributed by atoms with Crippen molar-refractivity contribution < 1.29 is 18.3 Å². The topological polar surface area (TPSA) is 42.4 Å². The van der Waals surface area contributed by atoms with Crippen molar-refractivity contribution in [3.8, 4) is 5.75 Å². The van der Waals surface area contributed by atoms with E-state index in [1.807, 2.05) is 0 Å². The number of carbonyl (C=O) groups is 1. The Labute approximate surface area is 129 Å². The summed E-state index contributed by atoms with van der Waals surface area (Å²) in [6, 6.07) is 1.75. The standard InChI is InChI=1S/C14H15BrF2N2O2/c15-11-7-18-3-1-12(11)21-10-2-4-19(8-10)13(20)9-5-14(16,17)6-9/h1,3,7,9-10H,2,4-6,8H2. The predicted octanol–water partition coefficient (Wildman–Crippen LogP) is 2.87. The van der Waals surface area contributed by atoms with E-state index in [2.05, 4.69) is 20.9 Å². The number of alkyl halides is 2. The molecule has 0 radical (unpaired) electrons. The maximum absolute atomic E-state index is 12.8. The van der Waals surface area contributed by atoms with E-state index in [-0.39, 0.29) is 24.9 Å². The number of nitrogens with zero attached hydrogens (tertiary/aromatic N) is 2. The van der Waals surface area contributed by atoms with Crippen LogP contribution < -0.4 is 4.74 Å².